The Labute approximate surface area is 94.7 Å². The number of carbonyl (C=O) groups excluding carboxylic acids is 2. The van der Waals surface area contributed by atoms with Gasteiger partial charge in [0.1, 0.15) is 5.78 Å². The summed E-state index contributed by atoms with van der Waals surface area (Å²) >= 11 is 0. The van der Waals surface area contributed by atoms with Crippen molar-refractivity contribution in [3.05, 3.63) is 35.4 Å². The molecular weight excluding hydrogens is 202 g/mol. The highest BCUT2D eigenvalue weighted by Gasteiger charge is 2.16. The lowest BCUT2D eigenvalue weighted by atomic mass is 9.94. The third-order valence-electron chi connectivity index (χ3n) is 2.32. The van der Waals surface area contributed by atoms with Crippen LogP contribution in [-0.4, -0.2) is 11.6 Å². The van der Waals surface area contributed by atoms with Crippen LogP contribution in [0.1, 0.15) is 36.2 Å². The molecule has 0 N–H and O–H groups in total. The van der Waals surface area contributed by atoms with Crippen LogP contribution >= 0.6 is 0 Å². The Morgan fingerprint density at radius 3 is 2.69 bits per heavy atom. The first-order valence-electron chi connectivity index (χ1n) is 5.08. The highest BCUT2D eigenvalue weighted by molar-refractivity contribution is 5.99. The Morgan fingerprint density at radius 1 is 1.44 bits per heavy atom. The zero-order chi connectivity index (χ0) is 12.1. The summed E-state index contributed by atoms with van der Waals surface area (Å²) < 4.78 is 0. The fraction of sp³-hybridized carbons (Fsp3) is 0.308. The van der Waals surface area contributed by atoms with Crippen molar-refractivity contribution in [3.8, 4) is 6.07 Å². The van der Waals surface area contributed by atoms with E-state index in [1.807, 2.05) is 6.07 Å². The van der Waals surface area contributed by atoms with E-state index in [2.05, 4.69) is 0 Å². The van der Waals surface area contributed by atoms with Crippen molar-refractivity contribution in [2.24, 2.45) is 5.92 Å². The maximum atomic E-state index is 11.9. The molecular formula is C13H13NO2. The van der Waals surface area contributed by atoms with Crippen molar-refractivity contribution < 1.29 is 9.59 Å². The van der Waals surface area contributed by atoms with Gasteiger partial charge in [-0.05, 0) is 19.1 Å². The summed E-state index contributed by atoms with van der Waals surface area (Å²) in [5, 5.41) is 8.71. The highest BCUT2D eigenvalue weighted by atomic mass is 16.1. The van der Waals surface area contributed by atoms with Crippen LogP contribution in [0.4, 0.5) is 0 Å². The Kier molecular flexibility index (Phi) is 3.96. The van der Waals surface area contributed by atoms with Crippen LogP contribution in [0, 0.1) is 17.2 Å². The van der Waals surface area contributed by atoms with Gasteiger partial charge in [0.05, 0.1) is 11.6 Å². The molecule has 0 spiro atoms. The molecule has 1 aromatic carbocycles. The zero-order valence-electron chi connectivity index (χ0n) is 9.36. The van der Waals surface area contributed by atoms with Crippen LogP contribution in [0.2, 0.25) is 0 Å². The van der Waals surface area contributed by atoms with Crippen LogP contribution in [-0.2, 0) is 4.79 Å². The second-order valence-corrected chi connectivity index (χ2v) is 3.86. The Balaban J connectivity index is 2.88. The van der Waals surface area contributed by atoms with E-state index in [4.69, 9.17) is 5.26 Å². The molecule has 0 saturated heterocycles. The third kappa shape index (κ3) is 3.03. The smallest absolute Gasteiger partial charge is 0.166 e. The number of Topliss-reactive ketones (excluding diaryl/α,β-unsaturated/α-hetero) is 2. The molecule has 0 bridgehead atoms. The first-order chi connectivity index (χ1) is 7.54. The largest absolute Gasteiger partial charge is 0.300 e. The summed E-state index contributed by atoms with van der Waals surface area (Å²) in [4.78, 5) is 22.8. The lowest BCUT2D eigenvalue weighted by molar-refractivity contribution is -0.117. The lowest BCUT2D eigenvalue weighted by Crippen LogP contribution is -2.14. The number of rotatable bonds is 4. The van der Waals surface area contributed by atoms with Gasteiger partial charge in [0.2, 0.25) is 0 Å². The van der Waals surface area contributed by atoms with Crippen molar-refractivity contribution in [1.82, 2.24) is 0 Å². The van der Waals surface area contributed by atoms with E-state index < -0.39 is 0 Å². The molecule has 0 radical (unpaired) electrons. The average molecular weight is 215 g/mol. The van der Waals surface area contributed by atoms with Crippen LogP contribution in [0.5, 0.6) is 0 Å². The van der Waals surface area contributed by atoms with E-state index in [9.17, 15) is 9.59 Å². The maximum Gasteiger partial charge on any atom is 0.166 e. The molecule has 0 saturated carbocycles. The van der Waals surface area contributed by atoms with Gasteiger partial charge in [0.25, 0.3) is 0 Å². The molecule has 0 aliphatic rings. The molecule has 0 aliphatic heterocycles. The number of carbonyl (C=O) groups is 2. The SMILES string of the molecule is CC(=O)CC(C)C(=O)c1cccc(C#N)c1. The maximum absolute atomic E-state index is 11.9. The lowest BCUT2D eigenvalue weighted by Gasteiger charge is -2.08. The summed E-state index contributed by atoms with van der Waals surface area (Å²) in [6.45, 7) is 3.19. The van der Waals surface area contributed by atoms with Crippen molar-refractivity contribution in [1.29, 1.82) is 5.26 Å². The Hall–Kier alpha value is -1.95. The van der Waals surface area contributed by atoms with Crippen LogP contribution in [0.25, 0.3) is 0 Å². The fourth-order valence-electron chi connectivity index (χ4n) is 1.55. The van der Waals surface area contributed by atoms with E-state index in [0.717, 1.165) is 0 Å². The molecule has 0 fully saturated rings. The van der Waals surface area contributed by atoms with Crippen molar-refractivity contribution in [2.45, 2.75) is 20.3 Å². The summed E-state index contributed by atoms with van der Waals surface area (Å²) in [5.41, 5.74) is 0.952. The normalized spacial score (nSPS) is 11.6. The number of nitriles is 1. The number of ketones is 2. The minimum absolute atomic E-state index is 0.00251. The Morgan fingerprint density at radius 2 is 2.12 bits per heavy atom. The van der Waals surface area contributed by atoms with Crippen LogP contribution in [0.15, 0.2) is 24.3 Å². The quantitative estimate of drug-likeness (QED) is 0.724. The van der Waals surface area contributed by atoms with Gasteiger partial charge < -0.3 is 4.79 Å². The molecule has 1 unspecified atom stereocenters. The minimum atomic E-state index is -0.327. The molecule has 1 rings (SSSR count). The van der Waals surface area contributed by atoms with Crippen molar-refractivity contribution >= 4 is 11.6 Å². The first kappa shape index (κ1) is 12.1. The second kappa shape index (κ2) is 5.22. The summed E-state index contributed by atoms with van der Waals surface area (Å²) in [6.07, 6.45) is 0.246. The number of hydrogen-bond acceptors (Lipinski definition) is 3. The second-order valence-electron chi connectivity index (χ2n) is 3.86. The highest BCUT2D eigenvalue weighted by Crippen LogP contribution is 2.13. The van der Waals surface area contributed by atoms with E-state index in [1.54, 1.807) is 31.2 Å². The van der Waals surface area contributed by atoms with Gasteiger partial charge in [-0.3, -0.25) is 4.79 Å². The Bertz CT molecular complexity index is 457. The van der Waals surface area contributed by atoms with Gasteiger partial charge in [-0.15, -0.1) is 0 Å². The number of benzene rings is 1. The number of hydrogen-bond donors (Lipinski definition) is 0. The van der Waals surface area contributed by atoms with Crippen molar-refractivity contribution in [2.75, 3.05) is 0 Å². The molecule has 0 amide bonds. The summed E-state index contributed by atoms with van der Waals surface area (Å²) in [6, 6.07) is 8.52. The molecule has 3 heteroatoms. The van der Waals surface area contributed by atoms with Crippen molar-refractivity contribution in [3.63, 3.8) is 0 Å². The predicted molar refractivity (Wildman–Crippen MR) is 59.9 cm³/mol. The average Bonchev–Trinajstić information content (AvgIpc) is 2.27. The monoisotopic (exact) mass is 215 g/mol. The standard InChI is InChI=1S/C13H13NO2/c1-9(6-10(2)15)13(16)12-5-3-4-11(7-12)8-14/h3-5,7,9H,6H2,1-2H3. The minimum Gasteiger partial charge on any atom is -0.300 e. The van der Waals surface area contributed by atoms with E-state index >= 15 is 0 Å². The predicted octanol–water partition coefficient (Wildman–Crippen LogP) is 2.36. The van der Waals surface area contributed by atoms with Gasteiger partial charge in [0, 0.05) is 17.9 Å². The topological polar surface area (TPSA) is 57.9 Å². The molecule has 1 aromatic rings. The molecule has 16 heavy (non-hydrogen) atoms. The van der Waals surface area contributed by atoms with Gasteiger partial charge >= 0.3 is 0 Å². The van der Waals surface area contributed by atoms with E-state index in [-0.39, 0.29) is 23.9 Å². The van der Waals surface area contributed by atoms with Crippen LogP contribution < -0.4 is 0 Å². The number of nitrogens with zero attached hydrogens (tertiary/aromatic N) is 1. The zero-order valence-corrected chi connectivity index (χ0v) is 9.36. The first-order valence-corrected chi connectivity index (χ1v) is 5.08. The van der Waals surface area contributed by atoms with Gasteiger partial charge in [-0.2, -0.15) is 5.26 Å². The fourth-order valence-corrected chi connectivity index (χ4v) is 1.55. The molecule has 0 aliphatic carbocycles. The van der Waals surface area contributed by atoms with Gasteiger partial charge in [-0.25, -0.2) is 0 Å². The molecule has 82 valence electrons. The molecule has 0 aromatic heterocycles. The summed E-state index contributed by atoms with van der Waals surface area (Å²) in [7, 11) is 0. The summed E-state index contributed by atoms with van der Waals surface area (Å²) in [5.74, 6) is -0.420. The van der Waals surface area contributed by atoms with Crippen LogP contribution in [0.3, 0.4) is 0 Å². The van der Waals surface area contributed by atoms with Gasteiger partial charge in [-0.1, -0.05) is 19.1 Å². The molecule has 3 nitrogen and oxygen atoms in total. The van der Waals surface area contributed by atoms with E-state index in [1.165, 1.54) is 6.92 Å². The third-order valence-corrected chi connectivity index (χ3v) is 2.32. The van der Waals surface area contributed by atoms with Gasteiger partial charge in [0.15, 0.2) is 5.78 Å². The molecule has 1 atom stereocenters. The molecule has 0 heterocycles. The van der Waals surface area contributed by atoms with E-state index in [0.29, 0.717) is 11.1 Å².